The third-order valence-electron chi connectivity index (χ3n) is 4.53. The molecule has 0 saturated carbocycles. The number of amides is 1. The summed E-state index contributed by atoms with van der Waals surface area (Å²) in [5, 5.41) is 4.91. The molecule has 0 atom stereocenters. The van der Waals surface area contributed by atoms with Gasteiger partial charge in [-0.15, -0.1) is 0 Å². The number of aromatic nitrogens is 2. The van der Waals surface area contributed by atoms with Gasteiger partial charge in [0.1, 0.15) is 5.15 Å². The van der Waals surface area contributed by atoms with Crippen molar-refractivity contribution in [3.8, 4) is 0 Å². The number of carbonyl (C=O) groups is 1. The molecule has 0 aliphatic carbocycles. The van der Waals surface area contributed by atoms with Gasteiger partial charge in [-0.05, 0) is 31.2 Å². The summed E-state index contributed by atoms with van der Waals surface area (Å²) in [5.41, 5.74) is 2.37. The third-order valence-corrected chi connectivity index (χ3v) is 4.91. The maximum absolute atomic E-state index is 12.8. The Morgan fingerprint density at radius 1 is 1.26 bits per heavy atom. The molecule has 122 valence electrons. The molecule has 0 unspecified atom stereocenters. The van der Waals surface area contributed by atoms with Crippen molar-refractivity contribution in [3.63, 3.8) is 0 Å². The first-order valence-corrected chi connectivity index (χ1v) is 8.50. The molecule has 4 nitrogen and oxygen atoms in total. The highest BCUT2D eigenvalue weighted by molar-refractivity contribution is 6.33. The number of aryl methyl sites for hydroxylation is 1. The highest BCUT2D eigenvalue weighted by Gasteiger charge is 2.27. The summed E-state index contributed by atoms with van der Waals surface area (Å²) in [6, 6.07) is 10.0. The molecule has 2 aromatic rings. The minimum atomic E-state index is 0.0127. The van der Waals surface area contributed by atoms with Gasteiger partial charge >= 0.3 is 0 Å². The summed E-state index contributed by atoms with van der Waals surface area (Å²) in [7, 11) is 0. The van der Waals surface area contributed by atoms with Crippen LogP contribution in [0.15, 0.2) is 30.3 Å². The van der Waals surface area contributed by atoms with Crippen LogP contribution in [-0.4, -0.2) is 33.7 Å². The smallest absolute Gasteiger partial charge is 0.258 e. The standard InChI is InChI=1S/C18H22ClN3O/c1-13-8-10-21(11-9-13)18(23)16-14(2)20-22(17(16)19)12-15-6-4-3-5-7-15/h3-7,13H,8-12H2,1-2H3. The van der Waals surface area contributed by atoms with Crippen LogP contribution in [0.3, 0.4) is 0 Å². The summed E-state index contributed by atoms with van der Waals surface area (Å²) >= 11 is 6.48. The second-order valence-electron chi connectivity index (χ2n) is 6.37. The van der Waals surface area contributed by atoms with E-state index in [-0.39, 0.29) is 5.91 Å². The minimum absolute atomic E-state index is 0.0127. The molecule has 1 aliphatic rings. The van der Waals surface area contributed by atoms with Crippen molar-refractivity contribution in [1.82, 2.24) is 14.7 Å². The van der Waals surface area contributed by atoms with E-state index in [1.807, 2.05) is 42.2 Å². The molecule has 23 heavy (non-hydrogen) atoms. The molecule has 1 fully saturated rings. The number of likely N-dealkylation sites (tertiary alicyclic amines) is 1. The van der Waals surface area contributed by atoms with E-state index in [1.54, 1.807) is 4.68 Å². The van der Waals surface area contributed by atoms with E-state index in [0.717, 1.165) is 31.5 Å². The Balaban J connectivity index is 1.81. The van der Waals surface area contributed by atoms with Crippen LogP contribution in [-0.2, 0) is 6.54 Å². The first-order valence-electron chi connectivity index (χ1n) is 8.12. The zero-order valence-corrected chi connectivity index (χ0v) is 14.4. The van der Waals surface area contributed by atoms with Crippen LogP contribution in [0.5, 0.6) is 0 Å². The zero-order valence-electron chi connectivity index (χ0n) is 13.6. The lowest BCUT2D eigenvalue weighted by molar-refractivity contribution is 0.0696. The van der Waals surface area contributed by atoms with E-state index in [4.69, 9.17) is 11.6 Å². The molecule has 3 rings (SSSR count). The maximum Gasteiger partial charge on any atom is 0.258 e. The average Bonchev–Trinajstić information content (AvgIpc) is 2.82. The Morgan fingerprint density at radius 3 is 2.57 bits per heavy atom. The van der Waals surface area contributed by atoms with Gasteiger partial charge in [0.2, 0.25) is 0 Å². The van der Waals surface area contributed by atoms with Crippen LogP contribution < -0.4 is 0 Å². The van der Waals surface area contributed by atoms with Crippen molar-refractivity contribution >= 4 is 17.5 Å². The van der Waals surface area contributed by atoms with Crippen molar-refractivity contribution in [2.45, 2.75) is 33.2 Å². The molecular formula is C18H22ClN3O. The van der Waals surface area contributed by atoms with Crippen molar-refractivity contribution in [2.75, 3.05) is 13.1 Å². The lowest BCUT2D eigenvalue weighted by Crippen LogP contribution is -2.38. The van der Waals surface area contributed by atoms with Crippen LogP contribution in [0.25, 0.3) is 0 Å². The molecule has 1 aromatic heterocycles. The molecule has 1 saturated heterocycles. The van der Waals surface area contributed by atoms with Crippen LogP contribution in [0.2, 0.25) is 5.15 Å². The number of halogens is 1. The Hall–Kier alpha value is -1.81. The SMILES string of the molecule is Cc1nn(Cc2ccccc2)c(Cl)c1C(=O)N1CCC(C)CC1. The second-order valence-corrected chi connectivity index (χ2v) is 6.73. The van der Waals surface area contributed by atoms with Gasteiger partial charge in [-0.2, -0.15) is 5.10 Å². The number of nitrogens with zero attached hydrogens (tertiary/aromatic N) is 3. The third kappa shape index (κ3) is 3.42. The fraction of sp³-hybridized carbons (Fsp3) is 0.444. The average molecular weight is 332 g/mol. The Labute approximate surface area is 142 Å². The Morgan fingerprint density at radius 2 is 1.91 bits per heavy atom. The summed E-state index contributed by atoms with van der Waals surface area (Å²) < 4.78 is 1.71. The molecule has 0 spiro atoms. The van der Waals surface area contributed by atoms with E-state index in [1.165, 1.54) is 0 Å². The van der Waals surface area contributed by atoms with Gasteiger partial charge in [0.05, 0.1) is 17.8 Å². The topological polar surface area (TPSA) is 38.1 Å². The fourth-order valence-corrected chi connectivity index (χ4v) is 3.34. The number of hydrogen-bond acceptors (Lipinski definition) is 2. The highest BCUT2D eigenvalue weighted by atomic mass is 35.5. The van der Waals surface area contributed by atoms with E-state index < -0.39 is 0 Å². The summed E-state index contributed by atoms with van der Waals surface area (Å²) in [5.74, 6) is 0.704. The van der Waals surface area contributed by atoms with Gasteiger partial charge in [0, 0.05) is 13.1 Å². The van der Waals surface area contributed by atoms with E-state index in [0.29, 0.717) is 28.9 Å². The molecule has 1 aromatic carbocycles. The summed E-state index contributed by atoms with van der Waals surface area (Å²) in [4.78, 5) is 14.7. The minimum Gasteiger partial charge on any atom is -0.338 e. The fourth-order valence-electron chi connectivity index (χ4n) is 3.03. The molecule has 1 amide bonds. The number of rotatable bonds is 3. The molecule has 5 heteroatoms. The quantitative estimate of drug-likeness (QED) is 0.858. The van der Waals surface area contributed by atoms with Gasteiger partial charge in [0.25, 0.3) is 5.91 Å². The number of hydrogen-bond donors (Lipinski definition) is 0. The predicted molar refractivity (Wildman–Crippen MR) is 91.8 cm³/mol. The van der Waals surface area contributed by atoms with Gasteiger partial charge < -0.3 is 4.90 Å². The molecule has 0 N–H and O–H groups in total. The number of benzene rings is 1. The Bertz CT molecular complexity index is 688. The normalized spacial score (nSPS) is 15.9. The predicted octanol–water partition coefficient (Wildman–Crippen LogP) is 3.77. The van der Waals surface area contributed by atoms with Crippen molar-refractivity contribution in [2.24, 2.45) is 5.92 Å². The maximum atomic E-state index is 12.8. The first-order chi connectivity index (χ1) is 11.1. The molecule has 0 bridgehead atoms. The van der Waals surface area contributed by atoms with Crippen molar-refractivity contribution in [3.05, 3.63) is 52.3 Å². The van der Waals surface area contributed by atoms with Gasteiger partial charge in [-0.1, -0.05) is 48.9 Å². The van der Waals surface area contributed by atoms with E-state index in [2.05, 4.69) is 12.0 Å². The van der Waals surface area contributed by atoms with Crippen LogP contribution >= 0.6 is 11.6 Å². The lowest BCUT2D eigenvalue weighted by Gasteiger charge is -2.30. The Kier molecular flexibility index (Phi) is 4.71. The van der Waals surface area contributed by atoms with Gasteiger partial charge in [-0.3, -0.25) is 4.79 Å². The van der Waals surface area contributed by atoms with Crippen molar-refractivity contribution in [1.29, 1.82) is 0 Å². The van der Waals surface area contributed by atoms with Crippen LogP contribution in [0, 0.1) is 12.8 Å². The number of carbonyl (C=O) groups excluding carboxylic acids is 1. The monoisotopic (exact) mass is 331 g/mol. The number of piperidine rings is 1. The van der Waals surface area contributed by atoms with Gasteiger partial charge in [0.15, 0.2) is 0 Å². The van der Waals surface area contributed by atoms with Crippen molar-refractivity contribution < 1.29 is 4.79 Å². The first kappa shape index (κ1) is 16.1. The lowest BCUT2D eigenvalue weighted by atomic mass is 9.99. The highest BCUT2D eigenvalue weighted by Crippen LogP contribution is 2.25. The molecule has 1 aliphatic heterocycles. The molecular weight excluding hydrogens is 310 g/mol. The largest absolute Gasteiger partial charge is 0.338 e. The van der Waals surface area contributed by atoms with E-state index >= 15 is 0 Å². The summed E-state index contributed by atoms with van der Waals surface area (Å²) in [6.45, 7) is 6.27. The van der Waals surface area contributed by atoms with E-state index in [9.17, 15) is 4.79 Å². The zero-order chi connectivity index (χ0) is 16.4. The molecule has 2 heterocycles. The van der Waals surface area contributed by atoms with Crippen LogP contribution in [0.1, 0.15) is 41.4 Å². The summed E-state index contributed by atoms with van der Waals surface area (Å²) in [6.07, 6.45) is 2.11. The second kappa shape index (κ2) is 6.75. The van der Waals surface area contributed by atoms with Crippen LogP contribution in [0.4, 0.5) is 0 Å². The molecule has 0 radical (unpaired) electrons. The van der Waals surface area contributed by atoms with Gasteiger partial charge in [-0.25, -0.2) is 4.68 Å².